The SMILES string of the molecule is CCCNC(CCCOC)C(C)(C)C. The number of hydrogen-bond donors (Lipinski definition) is 1. The predicted octanol–water partition coefficient (Wildman–Crippen LogP) is 2.83. The molecule has 1 unspecified atom stereocenters. The van der Waals surface area contributed by atoms with E-state index in [2.05, 4.69) is 33.0 Å². The third kappa shape index (κ3) is 6.39. The highest BCUT2D eigenvalue weighted by Crippen LogP contribution is 2.22. The van der Waals surface area contributed by atoms with Crippen molar-refractivity contribution in [3.8, 4) is 0 Å². The first-order valence-electron chi connectivity index (χ1n) is 5.74. The summed E-state index contributed by atoms with van der Waals surface area (Å²) in [7, 11) is 1.77. The molecule has 0 bridgehead atoms. The molecule has 1 atom stereocenters. The van der Waals surface area contributed by atoms with Gasteiger partial charge in [-0.2, -0.15) is 0 Å². The van der Waals surface area contributed by atoms with Crippen molar-refractivity contribution in [3.05, 3.63) is 0 Å². The maximum Gasteiger partial charge on any atom is 0.0462 e. The summed E-state index contributed by atoms with van der Waals surface area (Å²) in [6, 6.07) is 0.609. The van der Waals surface area contributed by atoms with Crippen molar-refractivity contribution in [2.24, 2.45) is 5.41 Å². The standard InChI is InChI=1S/C12H27NO/c1-6-9-13-11(12(2,3)4)8-7-10-14-5/h11,13H,6-10H2,1-5H3. The number of hydrogen-bond acceptors (Lipinski definition) is 2. The van der Waals surface area contributed by atoms with Crippen molar-refractivity contribution < 1.29 is 4.74 Å². The molecule has 0 radical (unpaired) electrons. The molecule has 0 aromatic rings. The highest BCUT2D eigenvalue weighted by molar-refractivity contribution is 4.80. The molecule has 0 saturated heterocycles. The smallest absolute Gasteiger partial charge is 0.0462 e. The molecule has 2 heteroatoms. The first-order chi connectivity index (χ1) is 6.52. The lowest BCUT2D eigenvalue weighted by atomic mass is 9.84. The summed E-state index contributed by atoms with van der Waals surface area (Å²) in [6.07, 6.45) is 3.56. The average molecular weight is 201 g/mol. The summed E-state index contributed by atoms with van der Waals surface area (Å²) in [6.45, 7) is 11.1. The van der Waals surface area contributed by atoms with Gasteiger partial charge in [-0.15, -0.1) is 0 Å². The summed E-state index contributed by atoms with van der Waals surface area (Å²) in [4.78, 5) is 0. The van der Waals surface area contributed by atoms with Crippen LogP contribution in [-0.4, -0.2) is 26.3 Å². The number of methoxy groups -OCH3 is 1. The largest absolute Gasteiger partial charge is 0.385 e. The molecule has 1 N–H and O–H groups in total. The zero-order valence-electron chi connectivity index (χ0n) is 10.5. The minimum absolute atomic E-state index is 0.350. The van der Waals surface area contributed by atoms with Crippen LogP contribution < -0.4 is 5.32 Å². The van der Waals surface area contributed by atoms with Crippen molar-refractivity contribution in [1.82, 2.24) is 5.32 Å². The van der Waals surface area contributed by atoms with E-state index in [1.54, 1.807) is 7.11 Å². The van der Waals surface area contributed by atoms with E-state index in [1.165, 1.54) is 12.8 Å². The second-order valence-corrected chi connectivity index (χ2v) is 5.01. The Kier molecular flexibility index (Phi) is 7.20. The van der Waals surface area contributed by atoms with Gasteiger partial charge in [-0.25, -0.2) is 0 Å². The van der Waals surface area contributed by atoms with Gasteiger partial charge in [0.05, 0.1) is 0 Å². The van der Waals surface area contributed by atoms with Crippen LogP contribution in [0.25, 0.3) is 0 Å². The van der Waals surface area contributed by atoms with Crippen molar-refractivity contribution in [1.29, 1.82) is 0 Å². The van der Waals surface area contributed by atoms with Crippen molar-refractivity contribution >= 4 is 0 Å². The van der Waals surface area contributed by atoms with Crippen LogP contribution in [-0.2, 0) is 4.74 Å². The highest BCUT2D eigenvalue weighted by Gasteiger charge is 2.22. The lowest BCUT2D eigenvalue weighted by Crippen LogP contribution is -2.40. The van der Waals surface area contributed by atoms with Crippen molar-refractivity contribution in [2.75, 3.05) is 20.3 Å². The minimum atomic E-state index is 0.350. The van der Waals surface area contributed by atoms with Gasteiger partial charge < -0.3 is 10.1 Å². The first kappa shape index (κ1) is 13.9. The van der Waals surface area contributed by atoms with E-state index >= 15 is 0 Å². The van der Waals surface area contributed by atoms with Gasteiger partial charge in [0.15, 0.2) is 0 Å². The molecule has 2 nitrogen and oxygen atoms in total. The molecular formula is C12H27NO. The minimum Gasteiger partial charge on any atom is -0.385 e. The van der Waals surface area contributed by atoms with Crippen LogP contribution in [0.5, 0.6) is 0 Å². The molecule has 14 heavy (non-hydrogen) atoms. The summed E-state index contributed by atoms with van der Waals surface area (Å²) >= 11 is 0. The van der Waals surface area contributed by atoms with E-state index in [4.69, 9.17) is 4.74 Å². The van der Waals surface area contributed by atoms with Crippen LogP contribution >= 0.6 is 0 Å². The summed E-state index contributed by atoms with van der Waals surface area (Å²) in [5.41, 5.74) is 0.350. The zero-order chi connectivity index (χ0) is 11.0. The molecular weight excluding hydrogens is 174 g/mol. The van der Waals surface area contributed by atoms with Gasteiger partial charge >= 0.3 is 0 Å². The molecule has 0 fully saturated rings. The van der Waals surface area contributed by atoms with Crippen LogP contribution in [0.4, 0.5) is 0 Å². The van der Waals surface area contributed by atoms with Crippen LogP contribution in [0.1, 0.15) is 47.0 Å². The van der Waals surface area contributed by atoms with Gasteiger partial charge in [0, 0.05) is 19.8 Å². The maximum absolute atomic E-state index is 5.08. The van der Waals surface area contributed by atoms with Gasteiger partial charge in [0.1, 0.15) is 0 Å². The van der Waals surface area contributed by atoms with Crippen molar-refractivity contribution in [3.63, 3.8) is 0 Å². The normalized spacial score (nSPS) is 14.4. The van der Waals surface area contributed by atoms with Crippen molar-refractivity contribution in [2.45, 2.75) is 53.0 Å². The fourth-order valence-electron chi connectivity index (χ4n) is 1.59. The molecule has 0 spiro atoms. The summed E-state index contributed by atoms with van der Waals surface area (Å²) in [5, 5.41) is 3.61. The lowest BCUT2D eigenvalue weighted by molar-refractivity contribution is 0.174. The predicted molar refractivity (Wildman–Crippen MR) is 62.6 cm³/mol. The van der Waals surface area contributed by atoms with Gasteiger partial charge in [-0.1, -0.05) is 27.7 Å². The van der Waals surface area contributed by atoms with Crippen LogP contribution in [0.2, 0.25) is 0 Å². The molecule has 0 aliphatic rings. The first-order valence-corrected chi connectivity index (χ1v) is 5.74. The molecule has 0 amide bonds. The van der Waals surface area contributed by atoms with E-state index in [9.17, 15) is 0 Å². The second kappa shape index (κ2) is 7.24. The molecule has 0 aromatic carbocycles. The van der Waals surface area contributed by atoms with E-state index in [0.717, 1.165) is 19.6 Å². The van der Waals surface area contributed by atoms with E-state index in [-0.39, 0.29) is 0 Å². The Balaban J connectivity index is 3.85. The number of ether oxygens (including phenoxy) is 1. The van der Waals surface area contributed by atoms with E-state index < -0.39 is 0 Å². The Bertz CT molecular complexity index is 129. The zero-order valence-corrected chi connectivity index (χ0v) is 10.5. The Morgan fingerprint density at radius 2 is 1.93 bits per heavy atom. The second-order valence-electron chi connectivity index (χ2n) is 5.01. The number of rotatable bonds is 7. The quantitative estimate of drug-likeness (QED) is 0.640. The lowest BCUT2D eigenvalue weighted by Gasteiger charge is -2.31. The Hall–Kier alpha value is -0.0800. The Labute approximate surface area is 89.4 Å². The average Bonchev–Trinajstić information content (AvgIpc) is 2.09. The molecule has 0 aliphatic carbocycles. The third-order valence-corrected chi connectivity index (χ3v) is 2.53. The monoisotopic (exact) mass is 201 g/mol. The highest BCUT2D eigenvalue weighted by atomic mass is 16.5. The van der Waals surface area contributed by atoms with Crippen LogP contribution in [0.15, 0.2) is 0 Å². The molecule has 0 aliphatic heterocycles. The van der Waals surface area contributed by atoms with Gasteiger partial charge in [-0.05, 0) is 31.2 Å². The van der Waals surface area contributed by atoms with Gasteiger partial charge in [0.25, 0.3) is 0 Å². The maximum atomic E-state index is 5.08. The topological polar surface area (TPSA) is 21.3 Å². The molecule has 0 heterocycles. The molecule has 0 saturated carbocycles. The molecule has 0 rings (SSSR count). The molecule has 0 aromatic heterocycles. The Morgan fingerprint density at radius 1 is 1.29 bits per heavy atom. The van der Waals surface area contributed by atoms with Gasteiger partial charge in [0.2, 0.25) is 0 Å². The number of nitrogens with one attached hydrogen (secondary N) is 1. The van der Waals surface area contributed by atoms with Crippen LogP contribution in [0, 0.1) is 5.41 Å². The fraction of sp³-hybridized carbons (Fsp3) is 1.00. The Morgan fingerprint density at radius 3 is 2.36 bits per heavy atom. The van der Waals surface area contributed by atoms with Crippen LogP contribution in [0.3, 0.4) is 0 Å². The fourth-order valence-corrected chi connectivity index (χ4v) is 1.59. The van der Waals surface area contributed by atoms with E-state index in [1.807, 2.05) is 0 Å². The third-order valence-electron chi connectivity index (χ3n) is 2.53. The van der Waals surface area contributed by atoms with Gasteiger partial charge in [-0.3, -0.25) is 0 Å². The van der Waals surface area contributed by atoms with E-state index in [0.29, 0.717) is 11.5 Å². The summed E-state index contributed by atoms with van der Waals surface area (Å²) in [5.74, 6) is 0. The molecule has 86 valence electrons. The summed E-state index contributed by atoms with van der Waals surface area (Å²) < 4.78 is 5.08.